The molecular weight excluding hydrogens is 480 g/mol. The summed E-state index contributed by atoms with van der Waals surface area (Å²) in [6.45, 7) is 6.25. The lowest BCUT2D eigenvalue weighted by Gasteiger charge is -2.36. The number of halogens is 5. The van der Waals surface area contributed by atoms with E-state index >= 15 is 0 Å². The molecule has 0 atom stereocenters. The number of alkyl halides is 3. The van der Waals surface area contributed by atoms with Gasteiger partial charge in [0.1, 0.15) is 0 Å². The Kier molecular flexibility index (Phi) is 10.0. The van der Waals surface area contributed by atoms with Gasteiger partial charge < -0.3 is 10.2 Å². The molecule has 0 radical (unpaired) electrons. The Morgan fingerprint density at radius 3 is 2.50 bits per heavy atom. The van der Waals surface area contributed by atoms with Crippen molar-refractivity contribution in [1.29, 1.82) is 0 Å². The van der Waals surface area contributed by atoms with Gasteiger partial charge in [0.15, 0.2) is 5.96 Å². The fourth-order valence-electron chi connectivity index (χ4n) is 2.73. The van der Waals surface area contributed by atoms with E-state index < -0.39 is 12.6 Å². The molecule has 1 aromatic carbocycles. The van der Waals surface area contributed by atoms with Crippen LogP contribution in [0, 0.1) is 0 Å². The van der Waals surface area contributed by atoms with E-state index in [-0.39, 0.29) is 30.5 Å². The fourth-order valence-corrected chi connectivity index (χ4v) is 2.94. The van der Waals surface area contributed by atoms with E-state index in [0.717, 1.165) is 43.3 Å². The normalized spacial score (nSPS) is 16.3. The Balaban J connectivity index is 0.00000338. The molecule has 1 fully saturated rings. The molecule has 0 amide bonds. The van der Waals surface area contributed by atoms with Gasteiger partial charge in [-0.15, -0.1) is 24.0 Å². The van der Waals surface area contributed by atoms with Crippen molar-refractivity contribution in [1.82, 2.24) is 15.1 Å². The molecule has 0 unspecified atom stereocenters. The van der Waals surface area contributed by atoms with Crippen LogP contribution in [0.2, 0.25) is 5.02 Å². The Morgan fingerprint density at radius 1 is 1.23 bits per heavy atom. The first-order chi connectivity index (χ1) is 11.9. The summed E-state index contributed by atoms with van der Waals surface area (Å²) in [6, 6.07) is 7.78. The number of piperazine rings is 1. The fraction of sp³-hybridized carbons (Fsp3) is 0.588. The van der Waals surface area contributed by atoms with Crippen LogP contribution in [-0.4, -0.2) is 61.2 Å². The average Bonchev–Trinajstić information content (AvgIpc) is 2.54. The molecule has 1 aliphatic rings. The van der Waals surface area contributed by atoms with Gasteiger partial charge in [0.2, 0.25) is 0 Å². The van der Waals surface area contributed by atoms with E-state index in [2.05, 4.69) is 15.2 Å². The molecule has 1 heterocycles. The minimum Gasteiger partial charge on any atom is -0.357 e. The van der Waals surface area contributed by atoms with Gasteiger partial charge in [-0.2, -0.15) is 13.2 Å². The van der Waals surface area contributed by atoms with Crippen LogP contribution >= 0.6 is 35.6 Å². The minimum absolute atomic E-state index is 0. The number of benzene rings is 1. The maximum Gasteiger partial charge on any atom is 0.390 e. The lowest BCUT2D eigenvalue weighted by Crippen LogP contribution is -2.52. The van der Waals surface area contributed by atoms with Gasteiger partial charge in [0.05, 0.1) is 13.0 Å². The summed E-state index contributed by atoms with van der Waals surface area (Å²) in [6.07, 6.45) is -5.06. The third-order valence-corrected chi connectivity index (χ3v) is 4.19. The first-order valence-electron chi connectivity index (χ1n) is 8.44. The number of hydrogen-bond donors (Lipinski definition) is 1. The number of nitrogens with zero attached hydrogens (tertiary/aromatic N) is 3. The van der Waals surface area contributed by atoms with Crippen molar-refractivity contribution < 1.29 is 13.2 Å². The lowest BCUT2D eigenvalue weighted by atomic mass is 10.2. The van der Waals surface area contributed by atoms with Crippen molar-refractivity contribution in [3.05, 3.63) is 34.9 Å². The van der Waals surface area contributed by atoms with E-state index in [1.54, 1.807) is 0 Å². The van der Waals surface area contributed by atoms with E-state index in [1.807, 2.05) is 36.1 Å². The highest BCUT2D eigenvalue weighted by atomic mass is 127. The molecule has 1 saturated heterocycles. The maximum atomic E-state index is 12.3. The highest BCUT2D eigenvalue weighted by Crippen LogP contribution is 2.19. The maximum absolute atomic E-state index is 12.3. The second-order valence-electron chi connectivity index (χ2n) is 5.99. The summed E-state index contributed by atoms with van der Waals surface area (Å²) >= 11 is 6.01. The van der Waals surface area contributed by atoms with Gasteiger partial charge in [-0.05, 0) is 24.6 Å². The average molecular weight is 505 g/mol. The molecule has 4 nitrogen and oxygen atoms in total. The number of nitrogens with one attached hydrogen (secondary N) is 1. The van der Waals surface area contributed by atoms with Crippen molar-refractivity contribution >= 4 is 41.5 Å². The summed E-state index contributed by atoms with van der Waals surface area (Å²) in [5, 5.41) is 3.81. The summed E-state index contributed by atoms with van der Waals surface area (Å²) in [5.74, 6) is 0.564. The predicted molar refractivity (Wildman–Crippen MR) is 110 cm³/mol. The predicted octanol–water partition coefficient (Wildman–Crippen LogP) is 3.99. The molecule has 26 heavy (non-hydrogen) atoms. The van der Waals surface area contributed by atoms with E-state index in [0.29, 0.717) is 12.5 Å². The zero-order chi connectivity index (χ0) is 18.3. The first kappa shape index (κ1) is 23.3. The molecule has 1 aromatic rings. The Labute approximate surface area is 174 Å². The number of guanidine groups is 1. The van der Waals surface area contributed by atoms with Crippen LogP contribution in [0.5, 0.6) is 0 Å². The van der Waals surface area contributed by atoms with Crippen LogP contribution < -0.4 is 5.32 Å². The van der Waals surface area contributed by atoms with Crippen LogP contribution in [0.25, 0.3) is 0 Å². The first-order valence-corrected chi connectivity index (χ1v) is 8.82. The van der Waals surface area contributed by atoms with Crippen molar-refractivity contribution in [3.63, 3.8) is 0 Å². The zero-order valence-corrected chi connectivity index (χ0v) is 17.8. The van der Waals surface area contributed by atoms with Crippen molar-refractivity contribution in [2.75, 3.05) is 39.3 Å². The molecule has 148 valence electrons. The SMILES string of the molecule is CCNC(=NCCC(F)(F)F)N1CCN(Cc2cccc(Cl)c2)CC1.I. The summed E-state index contributed by atoms with van der Waals surface area (Å²) in [5.41, 5.74) is 1.16. The standard InChI is InChI=1S/C17H24ClF3N4.HI/c1-2-22-16(23-7-6-17(19,20)21)25-10-8-24(9-11-25)13-14-4-3-5-15(18)12-14;/h3-5,12H,2,6-11,13H2,1H3,(H,22,23);1H. The quantitative estimate of drug-likeness (QED) is 0.374. The molecule has 0 aliphatic carbocycles. The van der Waals surface area contributed by atoms with Crippen LogP contribution in [-0.2, 0) is 6.54 Å². The van der Waals surface area contributed by atoms with Crippen LogP contribution in [0.15, 0.2) is 29.3 Å². The van der Waals surface area contributed by atoms with Crippen LogP contribution in [0.4, 0.5) is 13.2 Å². The van der Waals surface area contributed by atoms with Gasteiger partial charge in [0.25, 0.3) is 0 Å². The molecule has 9 heteroatoms. The van der Waals surface area contributed by atoms with Crippen LogP contribution in [0.3, 0.4) is 0 Å². The molecular formula is C17H25ClF3IN4. The van der Waals surface area contributed by atoms with Gasteiger partial charge >= 0.3 is 6.18 Å². The third-order valence-electron chi connectivity index (χ3n) is 3.96. The zero-order valence-electron chi connectivity index (χ0n) is 14.7. The Bertz CT molecular complexity index is 575. The van der Waals surface area contributed by atoms with E-state index in [9.17, 15) is 13.2 Å². The van der Waals surface area contributed by atoms with Crippen molar-refractivity contribution in [3.8, 4) is 0 Å². The second kappa shape index (κ2) is 11.2. The van der Waals surface area contributed by atoms with Gasteiger partial charge in [-0.3, -0.25) is 9.89 Å². The summed E-state index contributed by atoms with van der Waals surface area (Å²) in [4.78, 5) is 8.45. The lowest BCUT2D eigenvalue weighted by molar-refractivity contribution is -0.132. The highest BCUT2D eigenvalue weighted by Gasteiger charge is 2.26. The van der Waals surface area contributed by atoms with Crippen molar-refractivity contribution in [2.45, 2.75) is 26.1 Å². The molecule has 1 N–H and O–H groups in total. The van der Waals surface area contributed by atoms with Gasteiger partial charge in [-0.25, -0.2) is 0 Å². The van der Waals surface area contributed by atoms with Crippen molar-refractivity contribution in [2.24, 2.45) is 4.99 Å². The largest absolute Gasteiger partial charge is 0.390 e. The molecule has 0 aromatic heterocycles. The molecule has 0 bridgehead atoms. The smallest absolute Gasteiger partial charge is 0.357 e. The molecule has 2 rings (SSSR count). The molecule has 0 saturated carbocycles. The number of rotatable bonds is 5. The Hall–Kier alpha value is -0.740. The molecule has 1 aliphatic heterocycles. The topological polar surface area (TPSA) is 30.9 Å². The third kappa shape index (κ3) is 8.30. The monoisotopic (exact) mass is 504 g/mol. The number of aliphatic imine (C=N–C) groups is 1. The summed E-state index contributed by atoms with van der Waals surface area (Å²) in [7, 11) is 0. The van der Waals surface area contributed by atoms with Gasteiger partial charge in [0, 0.05) is 44.3 Å². The summed E-state index contributed by atoms with van der Waals surface area (Å²) < 4.78 is 36.9. The Morgan fingerprint density at radius 2 is 1.92 bits per heavy atom. The highest BCUT2D eigenvalue weighted by molar-refractivity contribution is 14.0. The second-order valence-corrected chi connectivity index (χ2v) is 6.43. The molecule has 0 spiro atoms. The van der Waals surface area contributed by atoms with Gasteiger partial charge in [-0.1, -0.05) is 23.7 Å². The van der Waals surface area contributed by atoms with E-state index in [4.69, 9.17) is 11.6 Å². The van der Waals surface area contributed by atoms with Crippen LogP contribution in [0.1, 0.15) is 18.9 Å². The minimum atomic E-state index is -4.17. The number of hydrogen-bond acceptors (Lipinski definition) is 2. The van der Waals surface area contributed by atoms with E-state index in [1.165, 1.54) is 0 Å².